The van der Waals surface area contributed by atoms with Crippen LogP contribution in [0.15, 0.2) is 29.2 Å². The zero-order chi connectivity index (χ0) is 15.7. The lowest BCUT2D eigenvalue weighted by Gasteiger charge is -2.08. The summed E-state index contributed by atoms with van der Waals surface area (Å²) in [4.78, 5) is 10.8. The number of rotatable bonds is 10. The lowest BCUT2D eigenvalue weighted by atomic mass is 10.2. The number of benzene rings is 1. The summed E-state index contributed by atoms with van der Waals surface area (Å²) in [7, 11) is -3.41. The van der Waals surface area contributed by atoms with Gasteiger partial charge in [0.2, 0.25) is 15.9 Å². The molecule has 118 valence electrons. The normalized spacial score (nSPS) is 11.3. The van der Waals surface area contributed by atoms with Crippen LogP contribution in [0, 0.1) is 0 Å². The standard InChI is InChI=1S/C14H23N3O3S/c1-2-10-17-21(19,20)13-8-6-12(7-9-13)16-11-4-3-5-14(15)18/h6-9,16-17H,2-5,10-11H2,1H3,(H2,15,18). The van der Waals surface area contributed by atoms with Crippen molar-refractivity contribution in [3.05, 3.63) is 24.3 Å². The first-order valence-electron chi connectivity index (χ1n) is 7.07. The van der Waals surface area contributed by atoms with E-state index < -0.39 is 10.0 Å². The van der Waals surface area contributed by atoms with Crippen molar-refractivity contribution in [3.8, 4) is 0 Å². The van der Waals surface area contributed by atoms with E-state index in [1.54, 1.807) is 24.3 Å². The first kappa shape index (κ1) is 17.5. The molecule has 1 amide bonds. The van der Waals surface area contributed by atoms with Gasteiger partial charge in [0.15, 0.2) is 0 Å². The average molecular weight is 313 g/mol. The summed E-state index contributed by atoms with van der Waals surface area (Å²) in [6.07, 6.45) is 2.73. The van der Waals surface area contributed by atoms with Crippen LogP contribution in [-0.4, -0.2) is 27.4 Å². The van der Waals surface area contributed by atoms with Gasteiger partial charge in [0.05, 0.1) is 4.90 Å². The third-order valence-corrected chi connectivity index (χ3v) is 4.36. The minimum absolute atomic E-state index is 0.259. The number of primary amides is 1. The van der Waals surface area contributed by atoms with Crippen LogP contribution in [0.5, 0.6) is 0 Å². The zero-order valence-corrected chi connectivity index (χ0v) is 13.1. The van der Waals surface area contributed by atoms with E-state index in [0.717, 1.165) is 24.9 Å². The summed E-state index contributed by atoms with van der Waals surface area (Å²) in [6, 6.07) is 6.61. The highest BCUT2D eigenvalue weighted by molar-refractivity contribution is 7.89. The molecule has 21 heavy (non-hydrogen) atoms. The third kappa shape index (κ3) is 6.59. The van der Waals surface area contributed by atoms with Crippen molar-refractivity contribution in [3.63, 3.8) is 0 Å². The van der Waals surface area contributed by atoms with Crippen LogP contribution in [0.4, 0.5) is 5.69 Å². The summed E-state index contributed by atoms with van der Waals surface area (Å²) >= 11 is 0. The van der Waals surface area contributed by atoms with Crippen molar-refractivity contribution in [2.24, 2.45) is 5.73 Å². The van der Waals surface area contributed by atoms with Crippen molar-refractivity contribution < 1.29 is 13.2 Å². The van der Waals surface area contributed by atoms with Crippen LogP contribution in [-0.2, 0) is 14.8 Å². The molecule has 0 aliphatic carbocycles. The fourth-order valence-electron chi connectivity index (χ4n) is 1.73. The van der Waals surface area contributed by atoms with E-state index in [-0.39, 0.29) is 10.8 Å². The molecule has 0 heterocycles. The van der Waals surface area contributed by atoms with Crippen LogP contribution in [0.1, 0.15) is 32.6 Å². The molecule has 0 aromatic heterocycles. The molecule has 1 aromatic rings. The second kappa shape index (κ2) is 8.63. The number of nitrogens with one attached hydrogen (secondary N) is 2. The molecule has 1 rings (SSSR count). The molecule has 0 aliphatic heterocycles. The van der Waals surface area contributed by atoms with Crippen molar-refractivity contribution in [1.29, 1.82) is 0 Å². The molecule has 0 unspecified atom stereocenters. The summed E-state index contributed by atoms with van der Waals surface area (Å²) in [5.74, 6) is -0.288. The second-order valence-corrected chi connectivity index (χ2v) is 6.54. The predicted molar refractivity (Wildman–Crippen MR) is 83.5 cm³/mol. The summed E-state index contributed by atoms with van der Waals surface area (Å²) in [6.45, 7) is 3.06. The summed E-state index contributed by atoms with van der Waals surface area (Å²) in [5, 5.41) is 3.17. The molecular weight excluding hydrogens is 290 g/mol. The Morgan fingerprint density at radius 2 is 1.81 bits per heavy atom. The Bertz CT molecular complexity index is 541. The van der Waals surface area contributed by atoms with Crippen LogP contribution in [0.25, 0.3) is 0 Å². The van der Waals surface area contributed by atoms with E-state index in [2.05, 4.69) is 10.0 Å². The molecule has 0 saturated heterocycles. The number of amides is 1. The van der Waals surface area contributed by atoms with Gasteiger partial charge in [-0.3, -0.25) is 4.79 Å². The first-order valence-corrected chi connectivity index (χ1v) is 8.56. The monoisotopic (exact) mass is 313 g/mol. The van der Waals surface area contributed by atoms with Gasteiger partial charge in [-0.2, -0.15) is 0 Å². The van der Waals surface area contributed by atoms with Gasteiger partial charge >= 0.3 is 0 Å². The highest BCUT2D eigenvalue weighted by atomic mass is 32.2. The topological polar surface area (TPSA) is 101 Å². The van der Waals surface area contributed by atoms with E-state index in [1.807, 2.05) is 6.92 Å². The number of sulfonamides is 1. The molecule has 0 atom stereocenters. The molecule has 6 nitrogen and oxygen atoms in total. The number of unbranched alkanes of at least 4 members (excludes halogenated alkanes) is 1. The molecule has 4 N–H and O–H groups in total. The van der Waals surface area contributed by atoms with Crippen molar-refractivity contribution in [1.82, 2.24) is 4.72 Å². The van der Waals surface area contributed by atoms with Crippen molar-refractivity contribution >= 4 is 21.6 Å². The van der Waals surface area contributed by atoms with Gasteiger partial charge in [0.25, 0.3) is 0 Å². The maximum Gasteiger partial charge on any atom is 0.240 e. The Hall–Kier alpha value is -1.60. The Morgan fingerprint density at radius 1 is 1.14 bits per heavy atom. The van der Waals surface area contributed by atoms with Crippen LogP contribution in [0.3, 0.4) is 0 Å². The van der Waals surface area contributed by atoms with E-state index in [0.29, 0.717) is 19.5 Å². The zero-order valence-electron chi connectivity index (χ0n) is 12.3. The van der Waals surface area contributed by atoms with E-state index >= 15 is 0 Å². The van der Waals surface area contributed by atoms with E-state index in [9.17, 15) is 13.2 Å². The lowest BCUT2D eigenvalue weighted by molar-refractivity contribution is -0.118. The van der Waals surface area contributed by atoms with E-state index in [1.165, 1.54) is 0 Å². The minimum atomic E-state index is -3.41. The predicted octanol–water partition coefficient (Wildman–Crippen LogP) is 1.44. The molecule has 0 spiro atoms. The number of anilines is 1. The fourth-order valence-corrected chi connectivity index (χ4v) is 2.86. The molecular formula is C14H23N3O3S. The molecule has 0 aliphatic rings. The van der Waals surface area contributed by atoms with Crippen LogP contribution < -0.4 is 15.8 Å². The van der Waals surface area contributed by atoms with Gasteiger partial charge in [-0.25, -0.2) is 13.1 Å². The van der Waals surface area contributed by atoms with Gasteiger partial charge in [-0.05, 0) is 43.5 Å². The van der Waals surface area contributed by atoms with Gasteiger partial charge in [0, 0.05) is 25.2 Å². The number of hydrogen-bond donors (Lipinski definition) is 3. The molecule has 1 aromatic carbocycles. The largest absolute Gasteiger partial charge is 0.385 e. The maximum atomic E-state index is 11.9. The SMILES string of the molecule is CCCNS(=O)(=O)c1ccc(NCCCCC(N)=O)cc1. The Kier molecular flexibility index (Phi) is 7.18. The third-order valence-electron chi connectivity index (χ3n) is 2.89. The highest BCUT2D eigenvalue weighted by Crippen LogP contribution is 2.14. The van der Waals surface area contributed by atoms with Crippen molar-refractivity contribution in [2.75, 3.05) is 18.4 Å². The minimum Gasteiger partial charge on any atom is -0.385 e. The van der Waals surface area contributed by atoms with Crippen molar-refractivity contribution in [2.45, 2.75) is 37.5 Å². The number of carbonyl (C=O) groups excluding carboxylic acids is 1. The number of carbonyl (C=O) groups is 1. The van der Waals surface area contributed by atoms with Gasteiger partial charge < -0.3 is 11.1 Å². The fraction of sp³-hybridized carbons (Fsp3) is 0.500. The molecule has 0 fully saturated rings. The highest BCUT2D eigenvalue weighted by Gasteiger charge is 2.12. The van der Waals surface area contributed by atoms with E-state index in [4.69, 9.17) is 5.73 Å². The van der Waals surface area contributed by atoms with Crippen LogP contribution >= 0.6 is 0 Å². The smallest absolute Gasteiger partial charge is 0.240 e. The molecule has 7 heteroatoms. The molecule has 0 saturated carbocycles. The number of hydrogen-bond acceptors (Lipinski definition) is 4. The first-order chi connectivity index (χ1) is 9.95. The second-order valence-electron chi connectivity index (χ2n) is 4.77. The molecule has 0 bridgehead atoms. The quantitative estimate of drug-likeness (QED) is 0.569. The van der Waals surface area contributed by atoms with Gasteiger partial charge in [-0.15, -0.1) is 0 Å². The Morgan fingerprint density at radius 3 is 2.38 bits per heavy atom. The molecule has 0 radical (unpaired) electrons. The lowest BCUT2D eigenvalue weighted by Crippen LogP contribution is -2.24. The van der Waals surface area contributed by atoms with Gasteiger partial charge in [-0.1, -0.05) is 6.92 Å². The average Bonchev–Trinajstić information content (AvgIpc) is 2.45. The Balaban J connectivity index is 2.45. The maximum absolute atomic E-state index is 11.9. The number of nitrogens with two attached hydrogens (primary N) is 1. The van der Waals surface area contributed by atoms with Gasteiger partial charge in [0.1, 0.15) is 0 Å². The summed E-state index contributed by atoms with van der Waals surface area (Å²) < 4.78 is 26.3. The summed E-state index contributed by atoms with van der Waals surface area (Å²) in [5.41, 5.74) is 5.91. The van der Waals surface area contributed by atoms with Crippen LogP contribution in [0.2, 0.25) is 0 Å². The Labute approximate surface area is 126 Å².